The molecule has 0 saturated carbocycles. The van der Waals surface area contributed by atoms with Crippen LogP contribution in [0.1, 0.15) is 34.6 Å². The summed E-state index contributed by atoms with van der Waals surface area (Å²) < 4.78 is 10.5. The first-order valence-corrected chi connectivity index (χ1v) is 6.37. The zero-order chi connectivity index (χ0) is 14.0. The Morgan fingerprint density at radius 2 is 1.58 bits per heavy atom. The molecule has 0 aromatic heterocycles. The molecule has 5 heteroatoms. The van der Waals surface area contributed by atoms with Crippen molar-refractivity contribution >= 4 is 23.2 Å². The molecule has 0 N–H and O–H groups in total. The van der Waals surface area contributed by atoms with Gasteiger partial charge in [-0.3, -0.25) is 9.59 Å². The molecular formula is C14H13ClO4. The van der Waals surface area contributed by atoms with Crippen LogP contribution in [0.2, 0.25) is 5.02 Å². The van der Waals surface area contributed by atoms with E-state index in [2.05, 4.69) is 0 Å². The second kappa shape index (κ2) is 5.45. The maximum Gasteiger partial charge on any atom is 0.233 e. The molecule has 100 valence electrons. The molecule has 0 heterocycles. The van der Waals surface area contributed by atoms with Gasteiger partial charge < -0.3 is 9.47 Å². The van der Waals surface area contributed by atoms with Gasteiger partial charge in [-0.05, 0) is 19.9 Å². The lowest BCUT2D eigenvalue weighted by Gasteiger charge is -2.21. The lowest BCUT2D eigenvalue weighted by molar-refractivity contribution is 0.0772. The monoisotopic (exact) mass is 280 g/mol. The number of allylic oxidation sites excluding steroid dienone is 2. The van der Waals surface area contributed by atoms with Crippen molar-refractivity contribution in [1.82, 2.24) is 0 Å². The number of ketones is 2. The van der Waals surface area contributed by atoms with Crippen LogP contribution in [0.5, 0.6) is 0 Å². The molecule has 0 unspecified atom stereocenters. The SMILES string of the molecule is CCOC1=C(OCC)C(=O)c2c(Cl)cccc2C1=O. The van der Waals surface area contributed by atoms with E-state index in [4.69, 9.17) is 21.1 Å². The van der Waals surface area contributed by atoms with E-state index in [0.717, 1.165) is 0 Å². The van der Waals surface area contributed by atoms with E-state index in [0.29, 0.717) is 0 Å². The van der Waals surface area contributed by atoms with Crippen molar-refractivity contribution in [3.63, 3.8) is 0 Å². The summed E-state index contributed by atoms with van der Waals surface area (Å²) in [6, 6.07) is 4.76. The van der Waals surface area contributed by atoms with Crippen LogP contribution < -0.4 is 0 Å². The van der Waals surface area contributed by atoms with E-state index in [1.165, 1.54) is 0 Å². The van der Waals surface area contributed by atoms with Crippen molar-refractivity contribution in [2.75, 3.05) is 13.2 Å². The number of hydrogen-bond acceptors (Lipinski definition) is 4. The Hall–Kier alpha value is -1.81. The minimum absolute atomic E-state index is 0.0379. The number of carbonyl (C=O) groups excluding carboxylic acids is 2. The molecule has 1 aliphatic rings. The minimum atomic E-state index is -0.412. The Morgan fingerprint density at radius 3 is 2.16 bits per heavy atom. The van der Waals surface area contributed by atoms with Crippen LogP contribution in [0.15, 0.2) is 29.7 Å². The maximum absolute atomic E-state index is 12.4. The third kappa shape index (κ3) is 2.24. The number of fused-ring (bicyclic) bond motifs is 1. The van der Waals surface area contributed by atoms with Crippen LogP contribution in [-0.4, -0.2) is 24.8 Å². The molecule has 0 fully saturated rings. The van der Waals surface area contributed by atoms with Gasteiger partial charge in [-0.1, -0.05) is 23.7 Å². The third-order valence-electron chi connectivity index (χ3n) is 2.68. The van der Waals surface area contributed by atoms with Gasteiger partial charge in [0.2, 0.25) is 23.1 Å². The van der Waals surface area contributed by atoms with E-state index in [1.54, 1.807) is 32.0 Å². The summed E-state index contributed by atoms with van der Waals surface area (Å²) in [5.41, 5.74) is 0.436. The van der Waals surface area contributed by atoms with Gasteiger partial charge in [0.05, 0.1) is 23.8 Å². The number of benzene rings is 1. The molecule has 0 radical (unpaired) electrons. The number of carbonyl (C=O) groups is 2. The molecule has 0 atom stereocenters. The average molecular weight is 281 g/mol. The number of rotatable bonds is 4. The molecule has 1 aromatic rings. The normalized spacial score (nSPS) is 14.5. The lowest BCUT2D eigenvalue weighted by atomic mass is 9.92. The summed E-state index contributed by atoms with van der Waals surface area (Å²) in [6.45, 7) is 4.02. The van der Waals surface area contributed by atoms with Crippen LogP contribution in [0.3, 0.4) is 0 Å². The minimum Gasteiger partial charge on any atom is -0.486 e. The summed E-state index contributed by atoms with van der Waals surface area (Å²) in [6.07, 6.45) is 0. The number of ether oxygens (including phenoxy) is 2. The zero-order valence-electron chi connectivity index (χ0n) is 10.7. The van der Waals surface area contributed by atoms with Crippen molar-refractivity contribution in [3.8, 4) is 0 Å². The second-order valence-corrected chi connectivity index (χ2v) is 4.25. The van der Waals surface area contributed by atoms with Crippen LogP contribution in [0, 0.1) is 0 Å². The smallest absolute Gasteiger partial charge is 0.233 e. The van der Waals surface area contributed by atoms with Gasteiger partial charge in [0, 0.05) is 5.56 Å². The summed E-state index contributed by atoms with van der Waals surface area (Å²) in [4.78, 5) is 24.7. The molecule has 0 spiro atoms. The third-order valence-corrected chi connectivity index (χ3v) is 3.00. The van der Waals surface area contributed by atoms with Gasteiger partial charge in [0.15, 0.2) is 0 Å². The Labute approximate surface area is 116 Å². The van der Waals surface area contributed by atoms with Gasteiger partial charge in [-0.15, -0.1) is 0 Å². The molecule has 0 bridgehead atoms. The molecule has 1 aliphatic carbocycles. The summed E-state index contributed by atoms with van der Waals surface area (Å²) in [5.74, 6) is -0.882. The van der Waals surface area contributed by atoms with Crippen molar-refractivity contribution in [1.29, 1.82) is 0 Å². The second-order valence-electron chi connectivity index (χ2n) is 3.84. The van der Waals surface area contributed by atoms with E-state index < -0.39 is 5.78 Å². The van der Waals surface area contributed by atoms with Crippen LogP contribution in [0.25, 0.3) is 0 Å². The van der Waals surface area contributed by atoms with Crippen LogP contribution >= 0.6 is 11.6 Å². The highest BCUT2D eigenvalue weighted by atomic mass is 35.5. The van der Waals surface area contributed by atoms with Crippen molar-refractivity contribution < 1.29 is 19.1 Å². The highest BCUT2D eigenvalue weighted by Gasteiger charge is 2.36. The quantitative estimate of drug-likeness (QED) is 0.851. The van der Waals surface area contributed by atoms with Crippen molar-refractivity contribution in [3.05, 3.63) is 45.9 Å². The van der Waals surface area contributed by atoms with Crippen molar-refractivity contribution in [2.45, 2.75) is 13.8 Å². The summed E-state index contributed by atoms with van der Waals surface area (Å²) in [7, 11) is 0. The Bertz CT molecular complexity index is 575. The van der Waals surface area contributed by atoms with E-state index >= 15 is 0 Å². The first-order chi connectivity index (χ1) is 9.11. The fourth-order valence-corrected chi connectivity index (χ4v) is 2.20. The molecular weight excluding hydrogens is 268 g/mol. The van der Waals surface area contributed by atoms with Gasteiger partial charge in [0.25, 0.3) is 0 Å². The maximum atomic E-state index is 12.4. The largest absolute Gasteiger partial charge is 0.486 e. The van der Waals surface area contributed by atoms with Crippen LogP contribution in [0.4, 0.5) is 0 Å². The van der Waals surface area contributed by atoms with Gasteiger partial charge >= 0.3 is 0 Å². The Morgan fingerprint density at radius 1 is 1.00 bits per heavy atom. The van der Waals surface area contributed by atoms with Gasteiger partial charge in [-0.25, -0.2) is 0 Å². The first-order valence-electron chi connectivity index (χ1n) is 5.99. The van der Waals surface area contributed by atoms with E-state index in [1.807, 2.05) is 0 Å². The topological polar surface area (TPSA) is 52.6 Å². The number of Topliss-reactive ketones (excluding diaryl/α,β-unsaturated/α-hetero) is 2. The predicted octanol–water partition coefficient (Wildman–Crippen LogP) is 3.00. The fraction of sp³-hybridized carbons (Fsp3) is 0.286. The molecule has 4 nitrogen and oxygen atoms in total. The molecule has 1 aromatic carbocycles. The zero-order valence-corrected chi connectivity index (χ0v) is 11.4. The highest BCUT2D eigenvalue weighted by Crippen LogP contribution is 2.32. The number of halogens is 1. The highest BCUT2D eigenvalue weighted by molar-refractivity contribution is 6.38. The molecule has 2 rings (SSSR count). The predicted molar refractivity (Wildman–Crippen MR) is 70.4 cm³/mol. The molecule has 0 aliphatic heterocycles. The van der Waals surface area contributed by atoms with Gasteiger partial charge in [0.1, 0.15) is 0 Å². The fourth-order valence-electron chi connectivity index (χ4n) is 1.94. The van der Waals surface area contributed by atoms with Crippen molar-refractivity contribution in [2.24, 2.45) is 0 Å². The lowest BCUT2D eigenvalue weighted by Crippen LogP contribution is -2.25. The molecule has 0 saturated heterocycles. The summed E-state index contributed by atoms with van der Waals surface area (Å²) >= 11 is 6.00. The first kappa shape index (κ1) is 13.6. The van der Waals surface area contributed by atoms with Gasteiger partial charge in [-0.2, -0.15) is 0 Å². The molecule has 19 heavy (non-hydrogen) atoms. The molecule has 0 amide bonds. The standard InChI is InChI=1S/C14H13ClO4/c1-3-18-13-11(16)8-6-5-7-9(15)10(8)12(17)14(13)19-4-2/h5-7H,3-4H2,1-2H3. The Kier molecular flexibility index (Phi) is 3.90. The number of hydrogen-bond donors (Lipinski definition) is 0. The van der Waals surface area contributed by atoms with E-state index in [9.17, 15) is 9.59 Å². The Balaban J connectivity index is 2.62. The summed E-state index contributed by atoms with van der Waals surface area (Å²) in [5, 5.41) is 0.239. The average Bonchev–Trinajstić information content (AvgIpc) is 2.39. The van der Waals surface area contributed by atoms with Crippen LogP contribution in [-0.2, 0) is 9.47 Å². The van der Waals surface area contributed by atoms with E-state index in [-0.39, 0.29) is 46.7 Å².